The molecule has 2 N–H and O–H groups in total. The normalized spacial score (nSPS) is 12.8. The number of halogens is 4. The van der Waals surface area contributed by atoms with Gasteiger partial charge in [-0.25, -0.2) is 0 Å². The molecule has 1 aromatic rings. The highest BCUT2D eigenvalue weighted by molar-refractivity contribution is 14.0. The highest BCUT2D eigenvalue weighted by Crippen LogP contribution is 2.24. The van der Waals surface area contributed by atoms with Crippen LogP contribution in [0.15, 0.2) is 23.2 Å². The molecule has 0 aliphatic heterocycles. The summed E-state index contributed by atoms with van der Waals surface area (Å²) in [5.74, 6) is 1.12. The van der Waals surface area contributed by atoms with Crippen molar-refractivity contribution in [2.45, 2.75) is 40.0 Å². The summed E-state index contributed by atoms with van der Waals surface area (Å²) in [5.41, 5.74) is 0.535. The zero-order chi connectivity index (χ0) is 16.7. The van der Waals surface area contributed by atoms with Gasteiger partial charge in [0.25, 0.3) is 0 Å². The van der Waals surface area contributed by atoms with Gasteiger partial charge in [0, 0.05) is 30.2 Å². The van der Waals surface area contributed by atoms with Crippen molar-refractivity contribution in [2.75, 3.05) is 7.05 Å². The Balaban J connectivity index is 0.00000484. The maximum atomic E-state index is 12.4. The molecule has 8 heteroatoms. The number of rotatable bonds is 6. The van der Waals surface area contributed by atoms with E-state index in [0.29, 0.717) is 22.5 Å². The van der Waals surface area contributed by atoms with E-state index in [1.54, 1.807) is 13.1 Å². The first-order chi connectivity index (χ1) is 10.3. The molecule has 132 valence electrons. The Hall–Kier alpha value is -0.830. The summed E-state index contributed by atoms with van der Waals surface area (Å²) in [4.78, 5) is 4.11. The maximum Gasteiger partial charge on any atom is 0.387 e. The molecule has 0 amide bonds. The van der Waals surface area contributed by atoms with E-state index in [0.717, 1.165) is 0 Å². The van der Waals surface area contributed by atoms with Crippen LogP contribution in [-0.4, -0.2) is 25.7 Å². The van der Waals surface area contributed by atoms with Crippen LogP contribution < -0.4 is 15.4 Å². The third kappa shape index (κ3) is 8.01. The van der Waals surface area contributed by atoms with Gasteiger partial charge in [0.05, 0.1) is 0 Å². The van der Waals surface area contributed by atoms with Gasteiger partial charge in [-0.15, -0.1) is 24.0 Å². The lowest BCUT2D eigenvalue weighted by Crippen LogP contribution is -2.43. The molecule has 1 aromatic carbocycles. The maximum absolute atomic E-state index is 12.4. The predicted octanol–water partition coefficient (Wildman–Crippen LogP) is 4.27. The second-order valence-corrected chi connectivity index (χ2v) is 5.67. The van der Waals surface area contributed by atoms with Crippen molar-refractivity contribution in [1.82, 2.24) is 10.6 Å². The van der Waals surface area contributed by atoms with Crippen LogP contribution in [0.4, 0.5) is 8.78 Å². The van der Waals surface area contributed by atoms with Crippen LogP contribution in [-0.2, 0) is 6.54 Å². The number of nitrogens with one attached hydrogen (secondary N) is 2. The van der Waals surface area contributed by atoms with Crippen LogP contribution in [0.3, 0.4) is 0 Å². The van der Waals surface area contributed by atoms with Crippen molar-refractivity contribution in [1.29, 1.82) is 0 Å². The SMILES string of the molecule is CN=C(NCc1cc(Cl)ccc1OC(F)F)NC(C)C(C)C.I. The third-order valence-corrected chi connectivity index (χ3v) is 3.51. The molecule has 0 fully saturated rings. The molecule has 4 nitrogen and oxygen atoms in total. The van der Waals surface area contributed by atoms with Crippen molar-refractivity contribution in [3.05, 3.63) is 28.8 Å². The highest BCUT2D eigenvalue weighted by Gasteiger charge is 2.12. The first kappa shape index (κ1) is 22.2. The Bertz CT molecular complexity index is 515. The molecule has 0 aromatic heterocycles. The highest BCUT2D eigenvalue weighted by atomic mass is 127. The van der Waals surface area contributed by atoms with Crippen LogP contribution in [0.2, 0.25) is 5.02 Å². The van der Waals surface area contributed by atoms with E-state index in [-0.39, 0.29) is 42.3 Å². The molecular formula is C15H23ClF2IN3O. The lowest BCUT2D eigenvalue weighted by molar-refractivity contribution is -0.0504. The van der Waals surface area contributed by atoms with Crippen molar-refractivity contribution < 1.29 is 13.5 Å². The lowest BCUT2D eigenvalue weighted by atomic mass is 10.1. The zero-order valence-corrected chi connectivity index (χ0v) is 16.7. The summed E-state index contributed by atoms with van der Waals surface area (Å²) >= 11 is 5.91. The fourth-order valence-electron chi connectivity index (χ4n) is 1.65. The number of benzene rings is 1. The first-order valence-corrected chi connectivity index (χ1v) is 7.41. The minimum atomic E-state index is -2.88. The van der Waals surface area contributed by atoms with E-state index in [9.17, 15) is 8.78 Å². The molecular weight excluding hydrogens is 439 g/mol. The smallest absolute Gasteiger partial charge is 0.387 e. The third-order valence-electron chi connectivity index (χ3n) is 3.27. The van der Waals surface area contributed by atoms with Gasteiger partial charge in [-0.05, 0) is 31.0 Å². The van der Waals surface area contributed by atoms with Crippen molar-refractivity contribution in [3.8, 4) is 5.75 Å². The Kier molecular flexibility index (Phi) is 10.5. The molecule has 0 bridgehead atoms. The Morgan fingerprint density at radius 2 is 1.96 bits per heavy atom. The van der Waals surface area contributed by atoms with Crippen molar-refractivity contribution >= 4 is 41.5 Å². The van der Waals surface area contributed by atoms with E-state index in [1.807, 2.05) is 6.92 Å². The van der Waals surface area contributed by atoms with E-state index in [2.05, 4.69) is 34.2 Å². The Labute approximate surface area is 158 Å². The van der Waals surface area contributed by atoms with Crippen molar-refractivity contribution in [2.24, 2.45) is 10.9 Å². The standard InChI is InChI=1S/C15H22ClF2N3O.HI/c1-9(2)10(3)21-15(19-4)20-8-11-7-12(16)5-6-13(11)22-14(17)18;/h5-7,9-10,14H,8H2,1-4H3,(H2,19,20,21);1H. The molecule has 0 heterocycles. The van der Waals surface area contributed by atoms with Gasteiger partial charge in [-0.2, -0.15) is 8.78 Å². The topological polar surface area (TPSA) is 45.7 Å². The molecule has 1 atom stereocenters. The number of hydrogen-bond acceptors (Lipinski definition) is 2. The largest absolute Gasteiger partial charge is 0.434 e. The molecule has 0 aliphatic rings. The minimum Gasteiger partial charge on any atom is -0.434 e. The fraction of sp³-hybridized carbons (Fsp3) is 0.533. The van der Waals surface area contributed by atoms with Crippen LogP contribution in [0.5, 0.6) is 5.75 Å². The van der Waals surface area contributed by atoms with Gasteiger partial charge in [-0.1, -0.05) is 25.4 Å². The number of hydrogen-bond donors (Lipinski definition) is 2. The second-order valence-electron chi connectivity index (χ2n) is 5.23. The van der Waals surface area contributed by atoms with E-state index in [4.69, 9.17) is 11.6 Å². The Morgan fingerprint density at radius 1 is 1.30 bits per heavy atom. The molecule has 1 unspecified atom stereocenters. The molecule has 0 aliphatic carbocycles. The molecule has 1 rings (SSSR count). The molecule has 0 spiro atoms. The van der Waals surface area contributed by atoms with Crippen LogP contribution in [0.1, 0.15) is 26.3 Å². The predicted molar refractivity (Wildman–Crippen MR) is 101 cm³/mol. The van der Waals surface area contributed by atoms with Gasteiger partial charge in [0.2, 0.25) is 0 Å². The summed E-state index contributed by atoms with van der Waals surface area (Å²) in [6.45, 7) is 3.63. The van der Waals surface area contributed by atoms with Gasteiger partial charge < -0.3 is 15.4 Å². The van der Waals surface area contributed by atoms with E-state index < -0.39 is 6.61 Å². The zero-order valence-electron chi connectivity index (χ0n) is 13.6. The Morgan fingerprint density at radius 3 is 2.48 bits per heavy atom. The number of guanidine groups is 1. The second kappa shape index (κ2) is 10.9. The summed E-state index contributed by atoms with van der Waals surface area (Å²) in [6.07, 6.45) is 0. The average Bonchev–Trinajstić information content (AvgIpc) is 2.45. The quantitative estimate of drug-likeness (QED) is 0.378. The molecule has 0 saturated heterocycles. The number of nitrogens with zero attached hydrogens (tertiary/aromatic N) is 1. The lowest BCUT2D eigenvalue weighted by Gasteiger charge is -2.21. The summed E-state index contributed by atoms with van der Waals surface area (Å²) in [5, 5.41) is 6.75. The molecule has 0 saturated carbocycles. The summed E-state index contributed by atoms with van der Waals surface area (Å²) in [7, 11) is 1.65. The van der Waals surface area contributed by atoms with Gasteiger partial charge in [0.1, 0.15) is 5.75 Å². The van der Waals surface area contributed by atoms with E-state index in [1.165, 1.54) is 12.1 Å². The average molecular weight is 462 g/mol. The minimum absolute atomic E-state index is 0. The number of alkyl halides is 2. The molecule has 23 heavy (non-hydrogen) atoms. The monoisotopic (exact) mass is 461 g/mol. The number of ether oxygens (including phenoxy) is 1. The molecule has 0 radical (unpaired) electrons. The van der Waals surface area contributed by atoms with Crippen LogP contribution in [0, 0.1) is 5.92 Å². The van der Waals surface area contributed by atoms with Gasteiger partial charge in [0.15, 0.2) is 5.96 Å². The number of aliphatic imine (C=N–C) groups is 1. The van der Waals surface area contributed by atoms with Gasteiger partial charge in [-0.3, -0.25) is 4.99 Å². The van der Waals surface area contributed by atoms with Crippen LogP contribution in [0.25, 0.3) is 0 Å². The van der Waals surface area contributed by atoms with Crippen LogP contribution >= 0.6 is 35.6 Å². The van der Waals surface area contributed by atoms with Gasteiger partial charge >= 0.3 is 6.61 Å². The van der Waals surface area contributed by atoms with Crippen molar-refractivity contribution in [3.63, 3.8) is 0 Å². The first-order valence-electron chi connectivity index (χ1n) is 7.04. The summed E-state index contributed by atoms with van der Waals surface area (Å²) < 4.78 is 29.3. The summed E-state index contributed by atoms with van der Waals surface area (Å²) in [6, 6.07) is 4.75. The fourth-order valence-corrected chi connectivity index (χ4v) is 1.85. The van der Waals surface area contributed by atoms with E-state index >= 15 is 0 Å².